The summed E-state index contributed by atoms with van der Waals surface area (Å²) in [5.41, 5.74) is 1.14. The molecular weight excluding hydrogens is 478 g/mol. The van der Waals surface area contributed by atoms with Crippen LogP contribution in [0.25, 0.3) is 0 Å². The molecule has 1 aliphatic heterocycles. The van der Waals surface area contributed by atoms with E-state index in [2.05, 4.69) is 25.4 Å². The molecule has 0 radical (unpaired) electrons. The van der Waals surface area contributed by atoms with Gasteiger partial charge in [0.2, 0.25) is 17.7 Å². The second-order valence-corrected chi connectivity index (χ2v) is 10.00. The summed E-state index contributed by atoms with van der Waals surface area (Å²) in [6.45, 7) is 3.78. The number of hydrogen-bond acceptors (Lipinski definition) is 6. The normalized spacial score (nSPS) is 23.2. The van der Waals surface area contributed by atoms with Crippen molar-refractivity contribution in [3.63, 3.8) is 0 Å². The van der Waals surface area contributed by atoms with E-state index in [1.807, 2.05) is 6.07 Å². The van der Waals surface area contributed by atoms with Crippen LogP contribution >= 0.6 is 0 Å². The van der Waals surface area contributed by atoms with Gasteiger partial charge < -0.3 is 14.6 Å². The molecule has 3 heterocycles. The Morgan fingerprint density at radius 2 is 1.94 bits per heavy atom. The highest BCUT2D eigenvalue weighted by atomic mass is 19.4. The molecule has 36 heavy (non-hydrogen) atoms. The van der Waals surface area contributed by atoms with Crippen LogP contribution in [0.4, 0.5) is 17.6 Å². The molecule has 0 saturated heterocycles. The Morgan fingerprint density at radius 1 is 1.19 bits per heavy atom. The maximum Gasteiger partial charge on any atom is 0.389 e. The Bertz CT molecular complexity index is 1030. The molecule has 1 saturated carbocycles. The van der Waals surface area contributed by atoms with Crippen molar-refractivity contribution in [1.29, 1.82) is 0 Å². The molecule has 0 spiro atoms. The summed E-state index contributed by atoms with van der Waals surface area (Å²) in [7, 11) is 0. The van der Waals surface area contributed by atoms with Gasteiger partial charge in [0, 0.05) is 56.8 Å². The van der Waals surface area contributed by atoms with Crippen LogP contribution in [-0.2, 0) is 30.5 Å². The largest absolute Gasteiger partial charge is 0.425 e. The Kier molecular flexibility index (Phi) is 8.27. The highest BCUT2D eigenvalue weighted by Crippen LogP contribution is 2.35. The third-order valence-electron chi connectivity index (χ3n) is 7.16. The van der Waals surface area contributed by atoms with Crippen molar-refractivity contribution in [2.24, 2.45) is 0 Å². The van der Waals surface area contributed by atoms with E-state index in [9.17, 15) is 18.0 Å². The lowest BCUT2D eigenvalue weighted by atomic mass is 9.81. The number of amides is 1. The van der Waals surface area contributed by atoms with Crippen LogP contribution in [-0.4, -0.2) is 63.5 Å². The fourth-order valence-corrected chi connectivity index (χ4v) is 5.02. The third kappa shape index (κ3) is 7.72. The van der Waals surface area contributed by atoms with Gasteiger partial charge >= 0.3 is 6.18 Å². The van der Waals surface area contributed by atoms with Crippen LogP contribution in [0.15, 0.2) is 16.5 Å². The van der Waals surface area contributed by atoms with E-state index in [1.165, 1.54) is 0 Å². The number of fused-ring (bicyclic) bond motifs is 1. The van der Waals surface area contributed by atoms with E-state index < -0.39 is 18.3 Å². The molecule has 4 rings (SSSR count). The number of carbonyl (C=O) groups excluding carboxylic acids is 1. The average molecular weight is 512 g/mol. The predicted molar refractivity (Wildman–Crippen MR) is 124 cm³/mol. The Balaban J connectivity index is 1.19. The van der Waals surface area contributed by atoms with E-state index in [1.54, 1.807) is 13.0 Å². The van der Waals surface area contributed by atoms with Crippen molar-refractivity contribution in [3.8, 4) is 0 Å². The molecule has 1 amide bonds. The Morgan fingerprint density at radius 3 is 2.64 bits per heavy atom. The fraction of sp³-hybridized carbons (Fsp3) is 0.680. The quantitative estimate of drug-likeness (QED) is 0.538. The van der Waals surface area contributed by atoms with Gasteiger partial charge in [-0.15, -0.1) is 10.2 Å². The minimum atomic E-state index is -4.19. The monoisotopic (exact) mass is 511 g/mol. The number of rotatable bonds is 8. The van der Waals surface area contributed by atoms with Gasteiger partial charge in [0.1, 0.15) is 12.1 Å². The van der Waals surface area contributed by atoms with Crippen molar-refractivity contribution in [2.75, 3.05) is 19.6 Å². The topological polar surface area (TPSA) is 84.2 Å². The third-order valence-corrected chi connectivity index (χ3v) is 7.16. The summed E-state index contributed by atoms with van der Waals surface area (Å²) in [4.78, 5) is 18.9. The van der Waals surface area contributed by atoms with E-state index >= 15 is 4.39 Å². The standard InChI is InChI=1S/C25H33F4N5O2/c1-17-32-33-23(36-17)16-22(35)31-20-4-9-24(26,10-5-20)12-15-34-13-7-18-2-3-19(6-11-25(27,28)29)30-21(18)8-14-34/h2-3,20H,4-16H2,1H3,(H,31,35)/t20-,24+. The molecule has 198 valence electrons. The van der Waals surface area contributed by atoms with Gasteiger partial charge in [0.25, 0.3) is 0 Å². The maximum absolute atomic E-state index is 15.5. The second-order valence-electron chi connectivity index (χ2n) is 10.00. The van der Waals surface area contributed by atoms with Crippen LogP contribution in [0, 0.1) is 6.92 Å². The van der Waals surface area contributed by atoms with E-state index in [0.29, 0.717) is 63.2 Å². The average Bonchev–Trinajstić information content (AvgIpc) is 3.11. The lowest BCUT2D eigenvalue weighted by molar-refractivity contribution is -0.134. The summed E-state index contributed by atoms with van der Waals surface area (Å²) in [5, 5.41) is 10.5. The number of pyridine rings is 1. The second kappa shape index (κ2) is 11.2. The molecule has 2 aromatic heterocycles. The number of nitrogens with one attached hydrogen (secondary N) is 1. The van der Waals surface area contributed by atoms with Crippen molar-refractivity contribution >= 4 is 5.91 Å². The van der Waals surface area contributed by atoms with Crippen molar-refractivity contribution < 1.29 is 26.8 Å². The first-order chi connectivity index (χ1) is 17.1. The minimum absolute atomic E-state index is 0.0220. The Hall–Kier alpha value is -2.56. The number of carbonyl (C=O) groups is 1. The minimum Gasteiger partial charge on any atom is -0.425 e. The van der Waals surface area contributed by atoms with Gasteiger partial charge in [-0.1, -0.05) is 6.07 Å². The van der Waals surface area contributed by atoms with Gasteiger partial charge in [0.05, 0.1) is 0 Å². The van der Waals surface area contributed by atoms with E-state index in [-0.39, 0.29) is 30.7 Å². The lowest BCUT2D eigenvalue weighted by Crippen LogP contribution is -2.43. The molecule has 1 fully saturated rings. The zero-order chi connectivity index (χ0) is 25.8. The first-order valence-electron chi connectivity index (χ1n) is 12.6. The molecule has 0 aromatic carbocycles. The lowest BCUT2D eigenvalue weighted by Gasteiger charge is -2.35. The molecule has 11 heteroatoms. The molecule has 2 aliphatic rings. The van der Waals surface area contributed by atoms with E-state index in [0.717, 1.165) is 24.2 Å². The van der Waals surface area contributed by atoms with Gasteiger partial charge in [-0.25, -0.2) is 4.39 Å². The summed E-state index contributed by atoms with van der Waals surface area (Å²) < 4.78 is 58.3. The van der Waals surface area contributed by atoms with E-state index in [4.69, 9.17) is 4.42 Å². The Labute approximate surface area is 208 Å². The fourth-order valence-electron chi connectivity index (χ4n) is 5.02. The van der Waals surface area contributed by atoms with Crippen LogP contribution in [0.2, 0.25) is 0 Å². The summed E-state index contributed by atoms with van der Waals surface area (Å²) in [6.07, 6.45) is -1.34. The van der Waals surface area contributed by atoms with Crippen LogP contribution < -0.4 is 5.32 Å². The zero-order valence-corrected chi connectivity index (χ0v) is 20.5. The molecule has 7 nitrogen and oxygen atoms in total. The van der Waals surface area contributed by atoms with Crippen LogP contribution in [0.3, 0.4) is 0 Å². The first-order valence-corrected chi connectivity index (χ1v) is 12.6. The van der Waals surface area contributed by atoms with Gasteiger partial charge in [-0.05, 0) is 56.6 Å². The van der Waals surface area contributed by atoms with Crippen molar-refractivity contribution in [2.45, 2.75) is 89.0 Å². The number of nitrogens with zero attached hydrogens (tertiary/aromatic N) is 4. The predicted octanol–water partition coefficient (Wildman–Crippen LogP) is 4.07. The molecule has 0 bridgehead atoms. The van der Waals surface area contributed by atoms with Crippen LogP contribution in [0.1, 0.15) is 67.3 Å². The molecule has 2 aromatic rings. The van der Waals surface area contributed by atoms with Crippen molar-refractivity contribution in [1.82, 2.24) is 25.4 Å². The maximum atomic E-state index is 15.5. The molecule has 1 N–H and O–H groups in total. The van der Waals surface area contributed by atoms with Gasteiger partial charge in [-0.3, -0.25) is 9.78 Å². The number of hydrogen-bond donors (Lipinski definition) is 1. The SMILES string of the molecule is Cc1nnc(CC(=O)N[C@H]2CC[C@](F)(CCN3CCc4ccc(CCC(F)(F)F)nc4CC3)CC2)o1. The highest BCUT2D eigenvalue weighted by Gasteiger charge is 2.36. The van der Waals surface area contributed by atoms with Crippen LogP contribution in [0.5, 0.6) is 0 Å². The smallest absolute Gasteiger partial charge is 0.389 e. The highest BCUT2D eigenvalue weighted by molar-refractivity contribution is 5.77. The number of aromatic nitrogens is 3. The van der Waals surface area contributed by atoms with Gasteiger partial charge in [-0.2, -0.15) is 13.2 Å². The summed E-state index contributed by atoms with van der Waals surface area (Å²) in [6, 6.07) is 3.52. The summed E-state index contributed by atoms with van der Waals surface area (Å²) in [5.74, 6) is 0.482. The zero-order valence-electron chi connectivity index (χ0n) is 20.5. The molecular formula is C25H33F4N5O2. The first kappa shape index (κ1) is 26.5. The number of aryl methyl sites for hydroxylation is 2. The molecule has 0 unspecified atom stereocenters. The molecule has 1 aliphatic carbocycles. The number of alkyl halides is 4. The number of halogens is 4. The van der Waals surface area contributed by atoms with Gasteiger partial charge in [0.15, 0.2) is 0 Å². The molecule has 0 atom stereocenters. The van der Waals surface area contributed by atoms with Crippen molar-refractivity contribution in [3.05, 3.63) is 40.9 Å². The summed E-state index contributed by atoms with van der Waals surface area (Å²) >= 11 is 0.